The third kappa shape index (κ3) is 3.97. The molecule has 5 heteroatoms. The van der Waals surface area contributed by atoms with Crippen LogP contribution < -0.4 is 4.74 Å². The van der Waals surface area contributed by atoms with E-state index in [2.05, 4.69) is 10.6 Å². The molecule has 1 aliphatic rings. The van der Waals surface area contributed by atoms with Crippen molar-refractivity contribution in [2.45, 2.75) is 38.3 Å². The van der Waals surface area contributed by atoms with E-state index in [9.17, 15) is 5.11 Å². The van der Waals surface area contributed by atoms with Crippen LogP contribution in [0.3, 0.4) is 0 Å². The molecule has 4 rings (SSSR count). The number of aliphatic hydroxyl groups is 1. The largest absolute Gasteiger partial charge is 0.491 e. The maximum absolute atomic E-state index is 10.5. The second kappa shape index (κ2) is 7.46. The Bertz CT molecular complexity index is 858. The molecule has 1 N–H and O–H groups in total. The lowest BCUT2D eigenvalue weighted by Crippen LogP contribution is -2.24. The smallest absolute Gasteiger partial charge is 0.119 e. The Morgan fingerprint density at radius 1 is 1.20 bits per heavy atom. The van der Waals surface area contributed by atoms with Crippen LogP contribution in [0.1, 0.15) is 30.1 Å². The first-order valence-electron chi connectivity index (χ1n) is 8.53. The highest BCUT2D eigenvalue weighted by Gasteiger charge is 2.30. The number of hydrogen-bond donors (Lipinski definition) is 1. The van der Waals surface area contributed by atoms with Crippen molar-refractivity contribution in [3.8, 4) is 5.75 Å². The van der Waals surface area contributed by atoms with Crippen molar-refractivity contribution < 1.29 is 9.84 Å². The molecule has 0 saturated heterocycles. The Kier molecular flexibility index (Phi) is 5.30. The van der Waals surface area contributed by atoms with Crippen molar-refractivity contribution in [2.24, 2.45) is 0 Å². The van der Waals surface area contributed by atoms with Gasteiger partial charge in [-0.15, -0.1) is 12.4 Å². The lowest BCUT2D eigenvalue weighted by atomic mass is 10.2. The maximum Gasteiger partial charge on any atom is 0.119 e. The fourth-order valence-corrected chi connectivity index (χ4v) is 3.10. The Hall–Kier alpha value is -2.04. The van der Waals surface area contributed by atoms with Gasteiger partial charge in [0.15, 0.2) is 0 Å². The SMILES string of the molecule is Cc1cccc(OCC(O)Cn2c(C3CC3)nc3ccccc32)c1.Cl. The van der Waals surface area contributed by atoms with Crippen molar-refractivity contribution in [3.05, 3.63) is 59.9 Å². The molecular weight excluding hydrogens is 336 g/mol. The number of aryl methyl sites for hydroxylation is 1. The zero-order chi connectivity index (χ0) is 16.5. The van der Waals surface area contributed by atoms with Gasteiger partial charge in [0.25, 0.3) is 0 Å². The maximum atomic E-state index is 10.5. The van der Waals surface area contributed by atoms with E-state index in [1.54, 1.807) is 0 Å². The molecule has 3 aromatic rings. The molecule has 25 heavy (non-hydrogen) atoms. The average Bonchev–Trinajstić information content (AvgIpc) is 3.36. The van der Waals surface area contributed by atoms with Crippen molar-refractivity contribution in [1.29, 1.82) is 0 Å². The standard InChI is InChI=1S/C20H22N2O2.ClH/c1-14-5-4-6-17(11-14)24-13-16(23)12-22-19-8-3-2-7-18(19)21-20(22)15-9-10-15;/h2-8,11,15-16,23H,9-10,12-13H2,1H3;1H. The van der Waals surface area contributed by atoms with Crippen LogP contribution >= 0.6 is 12.4 Å². The number of halogens is 1. The Labute approximate surface area is 153 Å². The first-order valence-corrected chi connectivity index (χ1v) is 8.53. The Morgan fingerprint density at radius 2 is 2.00 bits per heavy atom. The molecule has 0 bridgehead atoms. The molecule has 1 saturated carbocycles. The summed E-state index contributed by atoms with van der Waals surface area (Å²) in [6.07, 6.45) is 1.82. The number of para-hydroxylation sites is 2. The van der Waals surface area contributed by atoms with Gasteiger partial charge in [0, 0.05) is 5.92 Å². The van der Waals surface area contributed by atoms with Gasteiger partial charge in [-0.1, -0.05) is 24.3 Å². The second-order valence-corrected chi connectivity index (χ2v) is 6.62. The number of imidazole rings is 1. The molecule has 132 valence electrons. The van der Waals surface area contributed by atoms with Gasteiger partial charge in [-0.05, 0) is 49.6 Å². The van der Waals surface area contributed by atoms with Crippen LogP contribution in [-0.2, 0) is 6.54 Å². The van der Waals surface area contributed by atoms with Crippen molar-refractivity contribution >= 4 is 23.4 Å². The molecule has 0 aliphatic heterocycles. The molecule has 1 heterocycles. The van der Waals surface area contributed by atoms with Crippen LogP contribution in [0.2, 0.25) is 0 Å². The molecular formula is C20H23ClN2O2. The topological polar surface area (TPSA) is 47.3 Å². The molecule has 0 radical (unpaired) electrons. The summed E-state index contributed by atoms with van der Waals surface area (Å²) in [4.78, 5) is 4.77. The predicted octanol–water partition coefficient (Wildman–Crippen LogP) is 4.08. The minimum atomic E-state index is -0.569. The minimum absolute atomic E-state index is 0. The summed E-state index contributed by atoms with van der Waals surface area (Å²) < 4.78 is 7.91. The zero-order valence-corrected chi connectivity index (χ0v) is 15.1. The van der Waals surface area contributed by atoms with Crippen molar-refractivity contribution in [1.82, 2.24) is 9.55 Å². The fraction of sp³-hybridized carbons (Fsp3) is 0.350. The Morgan fingerprint density at radius 3 is 2.76 bits per heavy atom. The highest BCUT2D eigenvalue weighted by molar-refractivity contribution is 5.85. The summed E-state index contributed by atoms with van der Waals surface area (Å²) >= 11 is 0. The summed E-state index contributed by atoms with van der Waals surface area (Å²) in [6.45, 7) is 2.82. The summed E-state index contributed by atoms with van der Waals surface area (Å²) in [5.74, 6) is 2.44. The van der Waals surface area contributed by atoms with Gasteiger partial charge in [0.1, 0.15) is 24.3 Å². The van der Waals surface area contributed by atoms with Gasteiger partial charge in [0.05, 0.1) is 17.6 Å². The van der Waals surface area contributed by atoms with E-state index in [1.165, 1.54) is 12.8 Å². The number of nitrogens with zero attached hydrogens (tertiary/aromatic N) is 2. The summed E-state index contributed by atoms with van der Waals surface area (Å²) in [5, 5.41) is 10.5. The monoisotopic (exact) mass is 358 g/mol. The molecule has 1 fully saturated rings. The van der Waals surface area contributed by atoms with Crippen LogP contribution in [0.4, 0.5) is 0 Å². The van der Waals surface area contributed by atoms with Gasteiger partial charge in [-0.2, -0.15) is 0 Å². The van der Waals surface area contributed by atoms with Crippen LogP contribution in [0, 0.1) is 6.92 Å². The average molecular weight is 359 g/mol. The minimum Gasteiger partial charge on any atom is -0.491 e. The van der Waals surface area contributed by atoms with Crippen LogP contribution in [0.5, 0.6) is 5.75 Å². The van der Waals surface area contributed by atoms with Gasteiger partial charge >= 0.3 is 0 Å². The van der Waals surface area contributed by atoms with E-state index < -0.39 is 6.10 Å². The highest BCUT2D eigenvalue weighted by Crippen LogP contribution is 2.40. The molecule has 1 aliphatic carbocycles. The molecule has 2 aromatic carbocycles. The van der Waals surface area contributed by atoms with Gasteiger partial charge in [-0.3, -0.25) is 0 Å². The normalized spacial score (nSPS) is 15.0. The third-order valence-electron chi connectivity index (χ3n) is 4.45. The van der Waals surface area contributed by atoms with E-state index in [0.29, 0.717) is 12.5 Å². The molecule has 1 unspecified atom stereocenters. The van der Waals surface area contributed by atoms with Crippen LogP contribution in [0.25, 0.3) is 11.0 Å². The summed E-state index contributed by atoms with van der Waals surface area (Å²) in [6, 6.07) is 16.0. The molecule has 0 amide bonds. The Balaban J connectivity index is 0.00000182. The van der Waals surface area contributed by atoms with E-state index in [1.807, 2.05) is 49.4 Å². The number of ether oxygens (including phenoxy) is 1. The van der Waals surface area contributed by atoms with E-state index in [-0.39, 0.29) is 19.0 Å². The summed E-state index contributed by atoms with van der Waals surface area (Å²) in [5.41, 5.74) is 3.25. The quantitative estimate of drug-likeness (QED) is 0.722. The number of aliphatic hydroxyl groups excluding tert-OH is 1. The molecule has 1 atom stereocenters. The van der Waals surface area contributed by atoms with E-state index in [0.717, 1.165) is 28.2 Å². The second-order valence-electron chi connectivity index (χ2n) is 6.62. The number of fused-ring (bicyclic) bond motifs is 1. The zero-order valence-electron chi connectivity index (χ0n) is 14.3. The number of hydrogen-bond acceptors (Lipinski definition) is 3. The van der Waals surface area contributed by atoms with E-state index >= 15 is 0 Å². The lowest BCUT2D eigenvalue weighted by molar-refractivity contribution is 0.0927. The van der Waals surface area contributed by atoms with Crippen LogP contribution in [0.15, 0.2) is 48.5 Å². The lowest BCUT2D eigenvalue weighted by Gasteiger charge is -2.16. The van der Waals surface area contributed by atoms with Gasteiger partial charge in [-0.25, -0.2) is 4.98 Å². The van der Waals surface area contributed by atoms with Crippen molar-refractivity contribution in [2.75, 3.05) is 6.61 Å². The number of aromatic nitrogens is 2. The highest BCUT2D eigenvalue weighted by atomic mass is 35.5. The first kappa shape index (κ1) is 17.8. The van der Waals surface area contributed by atoms with Crippen LogP contribution in [-0.4, -0.2) is 27.4 Å². The van der Waals surface area contributed by atoms with Gasteiger partial charge in [0.2, 0.25) is 0 Å². The predicted molar refractivity (Wildman–Crippen MR) is 102 cm³/mol. The molecule has 4 nitrogen and oxygen atoms in total. The third-order valence-corrected chi connectivity index (χ3v) is 4.45. The molecule has 0 spiro atoms. The number of rotatable bonds is 6. The summed E-state index contributed by atoms with van der Waals surface area (Å²) in [7, 11) is 0. The number of benzene rings is 2. The van der Waals surface area contributed by atoms with Gasteiger partial charge < -0.3 is 14.4 Å². The fourth-order valence-electron chi connectivity index (χ4n) is 3.10. The molecule has 1 aromatic heterocycles. The van der Waals surface area contributed by atoms with E-state index in [4.69, 9.17) is 9.72 Å². The van der Waals surface area contributed by atoms with Crippen molar-refractivity contribution in [3.63, 3.8) is 0 Å². The first-order chi connectivity index (χ1) is 11.7.